The highest BCUT2D eigenvalue weighted by Crippen LogP contribution is 2.21. The lowest BCUT2D eigenvalue weighted by molar-refractivity contribution is 0.0854. The number of anilines is 1. The first-order chi connectivity index (χ1) is 13.5. The number of carbonyl (C=O) groups is 2. The summed E-state index contributed by atoms with van der Waals surface area (Å²) in [6.45, 7) is 0.852. The summed E-state index contributed by atoms with van der Waals surface area (Å²) in [4.78, 5) is 28.5. The molecule has 1 aliphatic rings. The van der Waals surface area contributed by atoms with Crippen LogP contribution in [0.5, 0.6) is 5.88 Å². The Morgan fingerprint density at radius 2 is 2.07 bits per heavy atom. The van der Waals surface area contributed by atoms with Crippen molar-refractivity contribution < 1.29 is 27.8 Å². The molecule has 0 spiro atoms. The van der Waals surface area contributed by atoms with Gasteiger partial charge in [-0.2, -0.15) is 0 Å². The zero-order valence-corrected chi connectivity index (χ0v) is 15.1. The van der Waals surface area contributed by atoms with Crippen LogP contribution in [0.25, 0.3) is 0 Å². The minimum Gasteiger partial charge on any atom is -0.481 e. The fraction of sp³-hybridized carbons (Fsp3) is 0.316. The van der Waals surface area contributed by atoms with Crippen LogP contribution in [0.1, 0.15) is 33.7 Å². The van der Waals surface area contributed by atoms with Crippen molar-refractivity contribution in [3.05, 3.63) is 53.2 Å². The number of carbonyl (C=O) groups excluding carboxylic acids is 2. The van der Waals surface area contributed by atoms with Crippen LogP contribution < -0.4 is 15.4 Å². The Morgan fingerprint density at radius 3 is 2.79 bits per heavy atom. The van der Waals surface area contributed by atoms with Gasteiger partial charge in [0.1, 0.15) is 17.3 Å². The third-order valence-corrected chi connectivity index (χ3v) is 4.23. The summed E-state index contributed by atoms with van der Waals surface area (Å²) in [7, 11) is 1.39. The molecular weight excluding hydrogens is 372 g/mol. The van der Waals surface area contributed by atoms with Gasteiger partial charge in [0.2, 0.25) is 5.88 Å². The number of pyridine rings is 1. The van der Waals surface area contributed by atoms with Crippen LogP contribution >= 0.6 is 0 Å². The summed E-state index contributed by atoms with van der Waals surface area (Å²) >= 11 is 0. The number of methoxy groups -OCH3 is 1. The zero-order valence-electron chi connectivity index (χ0n) is 15.1. The third kappa shape index (κ3) is 4.61. The normalized spacial score (nSPS) is 15.9. The van der Waals surface area contributed by atoms with Crippen molar-refractivity contribution in [1.82, 2.24) is 10.3 Å². The fourth-order valence-electron chi connectivity index (χ4n) is 2.77. The molecule has 0 aliphatic carbocycles. The average Bonchev–Trinajstić information content (AvgIpc) is 3.21. The molecule has 0 bridgehead atoms. The van der Waals surface area contributed by atoms with Crippen molar-refractivity contribution in [2.75, 3.05) is 25.6 Å². The zero-order chi connectivity index (χ0) is 20.1. The van der Waals surface area contributed by atoms with Crippen molar-refractivity contribution >= 4 is 17.5 Å². The molecule has 1 fully saturated rings. The van der Waals surface area contributed by atoms with E-state index in [1.807, 2.05) is 0 Å². The van der Waals surface area contributed by atoms with Crippen molar-refractivity contribution in [1.29, 1.82) is 0 Å². The summed E-state index contributed by atoms with van der Waals surface area (Å²) in [5, 5.41) is 4.85. The molecule has 2 aromatic rings. The smallest absolute Gasteiger partial charge is 0.274 e. The molecule has 1 unspecified atom stereocenters. The van der Waals surface area contributed by atoms with Crippen LogP contribution in [-0.2, 0) is 4.74 Å². The number of benzene rings is 1. The number of amides is 2. The van der Waals surface area contributed by atoms with Gasteiger partial charge in [-0.1, -0.05) is 6.07 Å². The second-order valence-electron chi connectivity index (χ2n) is 6.18. The van der Waals surface area contributed by atoms with E-state index in [-0.39, 0.29) is 35.5 Å². The molecule has 148 valence electrons. The predicted molar refractivity (Wildman–Crippen MR) is 96.4 cm³/mol. The molecule has 7 nitrogen and oxygen atoms in total. The number of rotatable bonds is 6. The number of hydrogen-bond donors (Lipinski definition) is 2. The Labute approximate surface area is 160 Å². The van der Waals surface area contributed by atoms with Crippen LogP contribution in [-0.4, -0.2) is 43.2 Å². The van der Waals surface area contributed by atoms with Gasteiger partial charge in [0.25, 0.3) is 11.8 Å². The largest absolute Gasteiger partial charge is 0.481 e. The predicted octanol–water partition coefficient (Wildman–Crippen LogP) is 2.53. The summed E-state index contributed by atoms with van der Waals surface area (Å²) < 4.78 is 38.5. The number of ether oxygens (including phenoxy) is 2. The van der Waals surface area contributed by atoms with E-state index in [4.69, 9.17) is 9.47 Å². The standard InChI is InChI=1S/C19H19F2N3O4/c1-27-17-6-2-5-15(23-17)19(26)24-16-8-12(13(20)9-14(16)21)18(25)22-10-11-4-3-7-28-11/h2,5-6,8-9,11H,3-4,7,10H2,1H3,(H,22,25)(H,24,26). The fourth-order valence-corrected chi connectivity index (χ4v) is 2.77. The summed E-state index contributed by atoms with van der Waals surface area (Å²) in [6, 6.07) is 6.01. The van der Waals surface area contributed by atoms with Crippen LogP contribution in [0.3, 0.4) is 0 Å². The molecule has 1 aliphatic heterocycles. The molecule has 1 atom stereocenters. The first-order valence-electron chi connectivity index (χ1n) is 8.69. The van der Waals surface area contributed by atoms with Gasteiger partial charge in [-0.25, -0.2) is 13.8 Å². The molecule has 2 N–H and O–H groups in total. The number of halogens is 2. The molecule has 2 amide bonds. The Balaban J connectivity index is 1.74. The number of nitrogens with zero attached hydrogens (tertiary/aromatic N) is 1. The van der Waals surface area contributed by atoms with Gasteiger partial charge in [0.05, 0.1) is 24.5 Å². The van der Waals surface area contributed by atoms with Crippen LogP contribution in [0.2, 0.25) is 0 Å². The van der Waals surface area contributed by atoms with Crippen molar-refractivity contribution in [3.63, 3.8) is 0 Å². The van der Waals surface area contributed by atoms with Crippen molar-refractivity contribution in [2.45, 2.75) is 18.9 Å². The SMILES string of the molecule is COc1cccc(C(=O)Nc2cc(C(=O)NCC3CCCO3)c(F)cc2F)n1. The molecule has 1 saturated heterocycles. The van der Waals surface area contributed by atoms with Gasteiger partial charge in [-0.3, -0.25) is 9.59 Å². The molecule has 28 heavy (non-hydrogen) atoms. The van der Waals surface area contributed by atoms with Crippen molar-refractivity contribution in [2.24, 2.45) is 0 Å². The summed E-state index contributed by atoms with van der Waals surface area (Å²) in [6.07, 6.45) is 1.59. The highest BCUT2D eigenvalue weighted by Gasteiger charge is 2.21. The summed E-state index contributed by atoms with van der Waals surface area (Å²) in [5.41, 5.74) is -0.737. The van der Waals surface area contributed by atoms with E-state index in [1.165, 1.54) is 13.2 Å². The van der Waals surface area contributed by atoms with E-state index in [2.05, 4.69) is 15.6 Å². The topological polar surface area (TPSA) is 89.5 Å². The molecule has 2 heterocycles. The van der Waals surface area contributed by atoms with Gasteiger partial charge < -0.3 is 20.1 Å². The lowest BCUT2D eigenvalue weighted by Crippen LogP contribution is -2.32. The first-order valence-corrected chi connectivity index (χ1v) is 8.69. The van der Waals surface area contributed by atoms with E-state index < -0.39 is 23.4 Å². The maximum absolute atomic E-state index is 14.1. The highest BCUT2D eigenvalue weighted by molar-refractivity contribution is 6.04. The number of hydrogen-bond acceptors (Lipinski definition) is 5. The van der Waals surface area contributed by atoms with E-state index in [0.717, 1.165) is 18.9 Å². The van der Waals surface area contributed by atoms with Crippen LogP contribution in [0.4, 0.5) is 14.5 Å². The maximum atomic E-state index is 14.1. The van der Waals surface area contributed by atoms with Gasteiger partial charge in [-0.05, 0) is 25.0 Å². The Hall–Kier alpha value is -3.07. The lowest BCUT2D eigenvalue weighted by Gasteiger charge is -2.13. The Bertz CT molecular complexity index is 885. The van der Waals surface area contributed by atoms with Gasteiger partial charge in [0, 0.05) is 25.3 Å². The van der Waals surface area contributed by atoms with E-state index in [9.17, 15) is 18.4 Å². The number of nitrogens with one attached hydrogen (secondary N) is 2. The lowest BCUT2D eigenvalue weighted by atomic mass is 10.1. The molecule has 9 heteroatoms. The number of aromatic nitrogens is 1. The van der Waals surface area contributed by atoms with E-state index in [1.54, 1.807) is 12.1 Å². The second-order valence-corrected chi connectivity index (χ2v) is 6.18. The molecule has 1 aromatic heterocycles. The second kappa shape index (κ2) is 8.75. The quantitative estimate of drug-likeness (QED) is 0.790. The summed E-state index contributed by atoms with van der Waals surface area (Å²) in [5.74, 6) is -3.27. The Kier molecular flexibility index (Phi) is 6.15. The third-order valence-electron chi connectivity index (χ3n) is 4.23. The minimum absolute atomic E-state index is 0.0209. The first kappa shape index (κ1) is 19.7. The van der Waals surface area contributed by atoms with Gasteiger partial charge in [0.15, 0.2) is 0 Å². The van der Waals surface area contributed by atoms with E-state index in [0.29, 0.717) is 12.7 Å². The maximum Gasteiger partial charge on any atom is 0.274 e. The van der Waals surface area contributed by atoms with Crippen LogP contribution in [0, 0.1) is 11.6 Å². The van der Waals surface area contributed by atoms with Crippen molar-refractivity contribution in [3.8, 4) is 5.88 Å². The Morgan fingerprint density at radius 1 is 1.25 bits per heavy atom. The molecule has 0 saturated carbocycles. The monoisotopic (exact) mass is 391 g/mol. The van der Waals surface area contributed by atoms with Crippen LogP contribution in [0.15, 0.2) is 30.3 Å². The average molecular weight is 391 g/mol. The van der Waals surface area contributed by atoms with Gasteiger partial charge >= 0.3 is 0 Å². The van der Waals surface area contributed by atoms with Gasteiger partial charge in [-0.15, -0.1) is 0 Å². The molecular formula is C19H19F2N3O4. The molecule has 0 radical (unpaired) electrons. The molecule has 3 rings (SSSR count). The minimum atomic E-state index is -1.03. The van der Waals surface area contributed by atoms with E-state index >= 15 is 0 Å². The molecule has 1 aromatic carbocycles. The highest BCUT2D eigenvalue weighted by atomic mass is 19.1.